The number of pyridine rings is 1. The summed E-state index contributed by atoms with van der Waals surface area (Å²) in [5, 5.41) is 25.4. The maximum absolute atomic E-state index is 13.4. The number of halogens is 4. The lowest BCUT2D eigenvalue weighted by molar-refractivity contribution is 0.0248. The van der Waals surface area contributed by atoms with Crippen molar-refractivity contribution in [3.63, 3.8) is 0 Å². The molecule has 0 unspecified atom stereocenters. The number of aliphatic hydroxyl groups excluding tert-OH is 2. The maximum Gasteiger partial charge on any atom is 0.194 e. The molecule has 0 bridgehead atoms. The molecule has 3 N–H and O–H groups in total. The molecule has 2 heterocycles. The number of methoxy groups -OCH3 is 1. The number of hydrogen-bond donors (Lipinski definition) is 3. The second-order valence-electron chi connectivity index (χ2n) is 9.64. The highest BCUT2D eigenvalue weighted by atomic mass is 35.5. The van der Waals surface area contributed by atoms with E-state index >= 15 is 0 Å². The standard InChI is InChI=1S/C27H31ClF3N3O3/c1-37-18-2-3-23-19(14-18)25(20(28)15-33-23)24(36)4-5-27(16-35)6-9-34(10-7-27)11-8-32-17-12-21(29)26(31)22(30)13-17/h2-3,12-15,24,32,35-36H,4-11,16H2,1H3/t24-/m1/s1. The summed E-state index contributed by atoms with van der Waals surface area (Å²) >= 11 is 6.44. The first kappa shape index (κ1) is 27.4. The number of likely N-dealkylation sites (tertiary alicyclic amines) is 1. The fraction of sp³-hybridized carbons (Fsp3) is 0.444. The largest absolute Gasteiger partial charge is 0.497 e. The van der Waals surface area contributed by atoms with E-state index in [-0.39, 0.29) is 17.7 Å². The summed E-state index contributed by atoms with van der Waals surface area (Å²) in [7, 11) is 1.57. The van der Waals surface area contributed by atoms with E-state index < -0.39 is 23.6 Å². The molecule has 0 saturated carbocycles. The smallest absolute Gasteiger partial charge is 0.194 e. The number of piperidine rings is 1. The number of aromatic nitrogens is 1. The molecule has 4 rings (SSSR count). The summed E-state index contributed by atoms with van der Waals surface area (Å²) in [6.07, 6.45) is 3.25. The van der Waals surface area contributed by atoms with Gasteiger partial charge in [-0.25, -0.2) is 13.2 Å². The van der Waals surface area contributed by atoms with Crippen LogP contribution in [0, 0.1) is 22.9 Å². The molecule has 0 spiro atoms. The van der Waals surface area contributed by atoms with E-state index in [2.05, 4.69) is 15.2 Å². The molecule has 2 aromatic carbocycles. The van der Waals surface area contributed by atoms with Crippen molar-refractivity contribution in [2.24, 2.45) is 5.41 Å². The third-order valence-electron chi connectivity index (χ3n) is 7.34. The maximum atomic E-state index is 13.4. The number of ether oxygens (including phenoxy) is 1. The Morgan fingerprint density at radius 2 is 1.86 bits per heavy atom. The number of fused-ring (bicyclic) bond motifs is 1. The van der Waals surface area contributed by atoms with Gasteiger partial charge in [-0.2, -0.15) is 0 Å². The molecule has 0 aliphatic carbocycles. The van der Waals surface area contributed by atoms with Gasteiger partial charge in [-0.1, -0.05) is 11.6 Å². The van der Waals surface area contributed by atoms with E-state index in [0.29, 0.717) is 47.8 Å². The monoisotopic (exact) mass is 537 g/mol. The first-order chi connectivity index (χ1) is 17.7. The Hall–Kier alpha value is -2.59. The molecule has 6 nitrogen and oxygen atoms in total. The zero-order valence-corrected chi connectivity index (χ0v) is 21.4. The van der Waals surface area contributed by atoms with Crippen LogP contribution in [0.15, 0.2) is 36.5 Å². The van der Waals surface area contributed by atoms with Crippen LogP contribution in [-0.4, -0.2) is 60.0 Å². The van der Waals surface area contributed by atoms with E-state index in [1.807, 2.05) is 12.1 Å². The highest BCUT2D eigenvalue weighted by molar-refractivity contribution is 6.32. The summed E-state index contributed by atoms with van der Waals surface area (Å²) in [5.74, 6) is -3.29. The Bertz CT molecular complexity index is 1220. The van der Waals surface area contributed by atoms with E-state index in [1.54, 1.807) is 13.2 Å². The molecule has 1 fully saturated rings. The molecule has 0 amide bonds. The zero-order chi connectivity index (χ0) is 26.6. The highest BCUT2D eigenvalue weighted by Crippen LogP contribution is 2.40. The summed E-state index contributed by atoms with van der Waals surface area (Å²) in [4.78, 5) is 6.54. The van der Waals surface area contributed by atoms with Crippen molar-refractivity contribution in [2.75, 3.05) is 45.2 Å². The van der Waals surface area contributed by atoms with E-state index in [1.165, 1.54) is 6.20 Å². The van der Waals surface area contributed by atoms with Crippen LogP contribution < -0.4 is 10.1 Å². The predicted molar refractivity (Wildman–Crippen MR) is 137 cm³/mol. The topological polar surface area (TPSA) is 77.8 Å². The molecule has 200 valence electrons. The molecular weight excluding hydrogens is 507 g/mol. The lowest BCUT2D eigenvalue weighted by atomic mass is 9.74. The molecule has 10 heteroatoms. The van der Waals surface area contributed by atoms with Crippen molar-refractivity contribution in [1.82, 2.24) is 9.88 Å². The average molecular weight is 538 g/mol. The normalized spacial score (nSPS) is 16.6. The van der Waals surface area contributed by atoms with Crippen LogP contribution in [0.2, 0.25) is 5.02 Å². The van der Waals surface area contributed by atoms with Gasteiger partial charge in [0, 0.05) is 54.7 Å². The van der Waals surface area contributed by atoms with Crippen molar-refractivity contribution in [3.8, 4) is 5.75 Å². The number of hydrogen-bond acceptors (Lipinski definition) is 6. The molecular formula is C27H31ClF3N3O3. The van der Waals surface area contributed by atoms with Crippen molar-refractivity contribution < 1.29 is 28.1 Å². The quantitative estimate of drug-likeness (QED) is 0.304. The van der Waals surface area contributed by atoms with Gasteiger partial charge in [0.2, 0.25) is 0 Å². The Labute approximate surface area is 219 Å². The molecule has 1 atom stereocenters. The first-order valence-corrected chi connectivity index (χ1v) is 12.6. The van der Waals surface area contributed by atoms with Crippen molar-refractivity contribution >= 4 is 28.2 Å². The van der Waals surface area contributed by atoms with Crippen LogP contribution in [-0.2, 0) is 0 Å². The van der Waals surface area contributed by atoms with Crippen LogP contribution in [0.25, 0.3) is 10.9 Å². The second kappa shape index (κ2) is 11.9. The minimum Gasteiger partial charge on any atom is -0.497 e. The molecule has 1 aliphatic rings. The molecule has 1 aromatic heterocycles. The Kier molecular flexibility index (Phi) is 8.79. The van der Waals surface area contributed by atoms with Gasteiger partial charge in [-0.3, -0.25) is 4.98 Å². The van der Waals surface area contributed by atoms with Crippen LogP contribution in [0.1, 0.15) is 37.4 Å². The lowest BCUT2D eigenvalue weighted by Gasteiger charge is -2.41. The molecule has 1 saturated heterocycles. The minimum absolute atomic E-state index is 0.0125. The van der Waals surface area contributed by atoms with Gasteiger partial charge in [0.1, 0.15) is 5.75 Å². The Balaban J connectivity index is 1.32. The zero-order valence-electron chi connectivity index (χ0n) is 20.6. The van der Waals surface area contributed by atoms with Crippen molar-refractivity contribution in [2.45, 2.75) is 31.8 Å². The third kappa shape index (κ3) is 6.29. The van der Waals surface area contributed by atoms with E-state index in [4.69, 9.17) is 16.3 Å². The number of rotatable bonds is 10. The highest BCUT2D eigenvalue weighted by Gasteiger charge is 2.34. The number of nitrogens with one attached hydrogen (secondary N) is 1. The lowest BCUT2D eigenvalue weighted by Crippen LogP contribution is -2.43. The van der Waals surface area contributed by atoms with Gasteiger partial charge < -0.3 is 25.2 Å². The van der Waals surface area contributed by atoms with Crippen LogP contribution in [0.5, 0.6) is 5.75 Å². The summed E-state index contributed by atoms with van der Waals surface area (Å²) in [6.45, 7) is 2.55. The summed E-state index contributed by atoms with van der Waals surface area (Å²) in [5.41, 5.74) is 1.19. The van der Waals surface area contributed by atoms with Gasteiger partial charge in [0.05, 0.1) is 23.8 Å². The minimum atomic E-state index is -1.48. The first-order valence-electron chi connectivity index (χ1n) is 12.3. The SMILES string of the molecule is COc1ccc2ncc(Cl)c([C@H](O)CCC3(CO)CCN(CCNc4cc(F)c(F)c(F)c4)CC3)c2c1. The number of nitrogens with zero attached hydrogens (tertiary/aromatic N) is 2. The fourth-order valence-electron chi connectivity index (χ4n) is 4.97. The number of anilines is 1. The van der Waals surface area contributed by atoms with Gasteiger partial charge >= 0.3 is 0 Å². The molecule has 37 heavy (non-hydrogen) atoms. The number of benzene rings is 2. The molecule has 0 radical (unpaired) electrons. The Morgan fingerprint density at radius 1 is 1.16 bits per heavy atom. The van der Waals surface area contributed by atoms with Gasteiger partial charge in [-0.05, 0) is 62.4 Å². The second-order valence-corrected chi connectivity index (χ2v) is 10.0. The van der Waals surface area contributed by atoms with Crippen LogP contribution >= 0.6 is 11.6 Å². The molecule has 3 aromatic rings. The summed E-state index contributed by atoms with van der Waals surface area (Å²) in [6, 6.07) is 7.31. The van der Waals surface area contributed by atoms with Gasteiger partial charge in [-0.15, -0.1) is 0 Å². The third-order valence-corrected chi connectivity index (χ3v) is 7.64. The molecule has 1 aliphatic heterocycles. The van der Waals surface area contributed by atoms with Crippen LogP contribution in [0.4, 0.5) is 18.9 Å². The van der Waals surface area contributed by atoms with Crippen molar-refractivity contribution in [3.05, 3.63) is 64.6 Å². The number of aliphatic hydroxyl groups is 2. The summed E-state index contributed by atoms with van der Waals surface area (Å²) < 4.78 is 45.2. The fourth-order valence-corrected chi connectivity index (χ4v) is 5.25. The van der Waals surface area contributed by atoms with Crippen LogP contribution in [0.3, 0.4) is 0 Å². The van der Waals surface area contributed by atoms with E-state index in [0.717, 1.165) is 43.5 Å². The van der Waals surface area contributed by atoms with Crippen molar-refractivity contribution in [1.29, 1.82) is 0 Å². The van der Waals surface area contributed by atoms with E-state index in [9.17, 15) is 23.4 Å². The average Bonchev–Trinajstić information content (AvgIpc) is 2.90. The van der Waals surface area contributed by atoms with Gasteiger partial charge in [0.25, 0.3) is 0 Å². The van der Waals surface area contributed by atoms with Gasteiger partial charge in [0.15, 0.2) is 17.5 Å². The Morgan fingerprint density at radius 3 is 2.51 bits per heavy atom. The predicted octanol–water partition coefficient (Wildman–Crippen LogP) is 5.31.